The molecular formula is C27H26INO3. The molecule has 32 heavy (non-hydrogen) atoms. The van der Waals surface area contributed by atoms with Gasteiger partial charge in [0.2, 0.25) is 0 Å². The van der Waals surface area contributed by atoms with E-state index >= 15 is 0 Å². The van der Waals surface area contributed by atoms with Crippen LogP contribution >= 0.6 is 22.6 Å². The van der Waals surface area contributed by atoms with E-state index < -0.39 is 0 Å². The number of hydrogen-bond donors (Lipinski definition) is 0. The van der Waals surface area contributed by atoms with E-state index in [1.165, 1.54) is 0 Å². The summed E-state index contributed by atoms with van der Waals surface area (Å²) in [5.41, 5.74) is 6.05. The van der Waals surface area contributed by atoms with Crippen molar-refractivity contribution in [2.75, 3.05) is 18.6 Å². The van der Waals surface area contributed by atoms with Crippen molar-refractivity contribution >= 4 is 34.2 Å². The zero-order valence-electron chi connectivity index (χ0n) is 18.5. The lowest BCUT2D eigenvalue weighted by atomic mass is 9.80. The van der Waals surface area contributed by atoms with Crippen LogP contribution in [0, 0.1) is 3.57 Å². The van der Waals surface area contributed by atoms with Gasteiger partial charge in [0, 0.05) is 27.4 Å². The first-order chi connectivity index (χ1) is 15.5. The number of nitrogens with zero attached hydrogens (tertiary/aromatic N) is 1. The highest BCUT2D eigenvalue weighted by Gasteiger charge is 2.36. The first kappa shape index (κ1) is 22.4. The Hall–Kier alpha value is -2.80. The van der Waals surface area contributed by atoms with Crippen LogP contribution in [-0.4, -0.2) is 19.7 Å². The van der Waals surface area contributed by atoms with Crippen molar-refractivity contribution in [2.45, 2.75) is 26.3 Å². The summed E-state index contributed by atoms with van der Waals surface area (Å²) in [7, 11) is 1.67. The molecule has 0 amide bonds. The van der Waals surface area contributed by atoms with E-state index in [0.717, 1.165) is 37.4 Å². The fourth-order valence-corrected chi connectivity index (χ4v) is 4.62. The minimum atomic E-state index is -0.261. The van der Waals surface area contributed by atoms with Crippen LogP contribution in [0.25, 0.3) is 0 Å². The predicted octanol–water partition coefficient (Wildman–Crippen LogP) is 6.29. The average molecular weight is 539 g/mol. The van der Waals surface area contributed by atoms with Crippen LogP contribution in [0.1, 0.15) is 36.5 Å². The number of rotatable bonds is 6. The van der Waals surface area contributed by atoms with Gasteiger partial charge in [-0.1, -0.05) is 42.5 Å². The molecule has 4 rings (SSSR count). The molecule has 0 saturated heterocycles. The second-order valence-electron chi connectivity index (χ2n) is 7.70. The first-order valence-electron chi connectivity index (χ1n) is 10.7. The molecule has 0 fully saturated rings. The average Bonchev–Trinajstić information content (AvgIpc) is 2.81. The van der Waals surface area contributed by atoms with Crippen molar-refractivity contribution in [3.8, 4) is 5.75 Å². The van der Waals surface area contributed by atoms with Gasteiger partial charge in [-0.2, -0.15) is 0 Å². The topological polar surface area (TPSA) is 38.8 Å². The molecule has 0 saturated carbocycles. The number of esters is 1. The molecule has 164 valence electrons. The van der Waals surface area contributed by atoms with Gasteiger partial charge in [-0.3, -0.25) is 0 Å². The van der Waals surface area contributed by atoms with Crippen molar-refractivity contribution in [1.82, 2.24) is 0 Å². The summed E-state index contributed by atoms with van der Waals surface area (Å²) in [4.78, 5) is 15.4. The third-order valence-electron chi connectivity index (χ3n) is 5.82. The van der Waals surface area contributed by atoms with E-state index in [0.29, 0.717) is 18.7 Å². The van der Waals surface area contributed by atoms with Gasteiger partial charge in [0.1, 0.15) is 5.75 Å². The van der Waals surface area contributed by atoms with E-state index in [1.807, 2.05) is 38.1 Å². The van der Waals surface area contributed by atoms with Crippen LogP contribution in [0.15, 0.2) is 84.1 Å². The Bertz CT molecular complexity index is 1140. The number of para-hydroxylation sites is 1. The molecule has 1 heterocycles. The minimum absolute atomic E-state index is 0.172. The number of methoxy groups -OCH3 is 1. The summed E-state index contributed by atoms with van der Waals surface area (Å²) >= 11 is 2.30. The van der Waals surface area contributed by atoms with E-state index in [9.17, 15) is 4.79 Å². The molecule has 1 aliphatic heterocycles. The second kappa shape index (κ2) is 9.77. The van der Waals surface area contributed by atoms with Gasteiger partial charge in [-0.05, 0) is 83.5 Å². The molecule has 0 bridgehead atoms. The fourth-order valence-electron chi connectivity index (χ4n) is 4.26. The Morgan fingerprint density at radius 3 is 2.34 bits per heavy atom. The molecular weight excluding hydrogens is 513 g/mol. The standard InChI is InChI=1S/C27H26INO3/c1-4-32-27(30)25-18(2)29(17-19-9-15-22(31-3)16-10-19)24-8-6-5-7-23(24)26(25)20-11-13-21(28)14-12-20/h5-16,26H,4,17H2,1-3H3/t26-/m1/s1. The number of anilines is 1. The predicted molar refractivity (Wildman–Crippen MR) is 136 cm³/mol. The van der Waals surface area contributed by atoms with Crippen molar-refractivity contribution < 1.29 is 14.3 Å². The number of ether oxygens (including phenoxy) is 2. The number of benzene rings is 3. The summed E-state index contributed by atoms with van der Waals surface area (Å²) in [5.74, 6) is 0.392. The molecule has 3 aromatic rings. The molecule has 3 aromatic carbocycles. The highest BCUT2D eigenvalue weighted by atomic mass is 127. The lowest BCUT2D eigenvalue weighted by molar-refractivity contribution is -0.138. The third kappa shape index (κ3) is 4.39. The maximum absolute atomic E-state index is 13.2. The first-order valence-corrected chi connectivity index (χ1v) is 11.7. The van der Waals surface area contributed by atoms with Crippen LogP contribution in [0.2, 0.25) is 0 Å². The van der Waals surface area contributed by atoms with Gasteiger partial charge in [-0.15, -0.1) is 0 Å². The van der Waals surface area contributed by atoms with E-state index in [1.54, 1.807) is 7.11 Å². The van der Waals surface area contributed by atoms with Gasteiger partial charge in [0.15, 0.2) is 0 Å². The van der Waals surface area contributed by atoms with Crippen molar-refractivity contribution in [3.05, 3.63) is 104 Å². The second-order valence-corrected chi connectivity index (χ2v) is 8.94. The summed E-state index contributed by atoms with van der Waals surface area (Å²) in [5, 5.41) is 0. The van der Waals surface area contributed by atoms with E-state index in [2.05, 4.69) is 76.0 Å². The third-order valence-corrected chi connectivity index (χ3v) is 6.54. The highest BCUT2D eigenvalue weighted by molar-refractivity contribution is 14.1. The van der Waals surface area contributed by atoms with Crippen LogP contribution in [-0.2, 0) is 16.1 Å². The maximum atomic E-state index is 13.2. The lowest BCUT2D eigenvalue weighted by Crippen LogP contribution is -2.32. The normalized spacial score (nSPS) is 15.4. The Morgan fingerprint density at radius 1 is 1.00 bits per heavy atom. The zero-order valence-corrected chi connectivity index (χ0v) is 20.6. The van der Waals surface area contributed by atoms with Crippen LogP contribution in [0.3, 0.4) is 0 Å². The van der Waals surface area contributed by atoms with Crippen LogP contribution in [0.5, 0.6) is 5.75 Å². The minimum Gasteiger partial charge on any atom is -0.497 e. The molecule has 5 heteroatoms. The number of carbonyl (C=O) groups excluding carboxylic acids is 1. The summed E-state index contributed by atoms with van der Waals surface area (Å²) < 4.78 is 12.0. The molecule has 4 nitrogen and oxygen atoms in total. The number of allylic oxidation sites excluding steroid dienone is 1. The highest BCUT2D eigenvalue weighted by Crippen LogP contribution is 2.45. The number of fused-ring (bicyclic) bond motifs is 1. The van der Waals surface area contributed by atoms with Crippen molar-refractivity contribution in [3.63, 3.8) is 0 Å². The molecule has 0 aliphatic carbocycles. The molecule has 0 N–H and O–H groups in total. The van der Waals surface area contributed by atoms with Gasteiger partial charge in [-0.25, -0.2) is 4.79 Å². The molecule has 0 aromatic heterocycles. The smallest absolute Gasteiger partial charge is 0.336 e. The van der Waals surface area contributed by atoms with E-state index in [4.69, 9.17) is 9.47 Å². The summed E-state index contributed by atoms with van der Waals surface area (Å²) in [6, 6.07) is 24.8. The van der Waals surface area contributed by atoms with Crippen molar-refractivity contribution in [1.29, 1.82) is 0 Å². The Kier molecular flexibility index (Phi) is 6.84. The quantitative estimate of drug-likeness (QED) is 0.273. The fraction of sp³-hybridized carbons (Fsp3) is 0.222. The van der Waals surface area contributed by atoms with Gasteiger partial charge in [0.05, 0.1) is 19.3 Å². The maximum Gasteiger partial charge on any atom is 0.336 e. The molecule has 0 radical (unpaired) electrons. The van der Waals surface area contributed by atoms with Gasteiger partial charge in [0.25, 0.3) is 0 Å². The van der Waals surface area contributed by atoms with Crippen LogP contribution < -0.4 is 9.64 Å². The Balaban J connectivity index is 1.85. The van der Waals surface area contributed by atoms with Gasteiger partial charge < -0.3 is 14.4 Å². The summed E-state index contributed by atoms with van der Waals surface area (Å²) in [6.07, 6.45) is 0. The molecule has 1 aliphatic rings. The Labute approximate surface area is 203 Å². The SMILES string of the molecule is CCOC(=O)C1=C(C)N(Cc2ccc(OC)cc2)c2ccccc2[C@H]1c1ccc(I)cc1. The largest absolute Gasteiger partial charge is 0.497 e. The molecule has 0 unspecified atom stereocenters. The van der Waals surface area contributed by atoms with Crippen molar-refractivity contribution in [2.24, 2.45) is 0 Å². The van der Waals surface area contributed by atoms with Gasteiger partial charge >= 0.3 is 5.97 Å². The van der Waals surface area contributed by atoms with E-state index in [-0.39, 0.29) is 11.9 Å². The number of halogens is 1. The Morgan fingerprint density at radius 2 is 1.69 bits per heavy atom. The van der Waals surface area contributed by atoms with Crippen LogP contribution in [0.4, 0.5) is 5.69 Å². The zero-order chi connectivity index (χ0) is 22.7. The summed E-state index contributed by atoms with van der Waals surface area (Å²) in [6.45, 7) is 4.86. The molecule has 1 atom stereocenters. The number of carbonyl (C=O) groups is 1. The lowest BCUT2D eigenvalue weighted by Gasteiger charge is -2.38. The molecule has 0 spiro atoms. The number of hydrogen-bond acceptors (Lipinski definition) is 4. The monoisotopic (exact) mass is 539 g/mol.